The van der Waals surface area contributed by atoms with Crippen molar-refractivity contribution in [3.63, 3.8) is 0 Å². The third-order valence-corrected chi connectivity index (χ3v) is 2.35. The molecule has 0 rings (SSSR count). The highest BCUT2D eigenvalue weighted by Crippen LogP contribution is 2.14. The molecule has 0 aliphatic rings. The van der Waals surface area contributed by atoms with Crippen LogP contribution in [0, 0.1) is 11.8 Å². The molecule has 0 spiro atoms. The van der Waals surface area contributed by atoms with E-state index in [2.05, 4.69) is 0 Å². The highest BCUT2D eigenvalue weighted by atomic mass is 16.1. The fraction of sp³-hybridized carbons (Fsp3) is 0.667. The predicted molar refractivity (Wildman–Crippen MR) is 58.1 cm³/mol. The Kier molecular flexibility index (Phi) is 4.75. The van der Waals surface area contributed by atoms with Gasteiger partial charge in [0.1, 0.15) is 0 Å². The molecular formula is C12H20O2. The molecule has 0 saturated heterocycles. The molecule has 0 radical (unpaired) electrons. The van der Waals surface area contributed by atoms with Gasteiger partial charge in [0.25, 0.3) is 0 Å². The van der Waals surface area contributed by atoms with Gasteiger partial charge in [-0.2, -0.15) is 0 Å². The minimum Gasteiger partial charge on any atom is -0.294 e. The minimum absolute atomic E-state index is 0.0371. The van der Waals surface area contributed by atoms with Crippen LogP contribution in [0.1, 0.15) is 41.5 Å². The van der Waals surface area contributed by atoms with E-state index in [1.807, 2.05) is 27.7 Å². The van der Waals surface area contributed by atoms with E-state index in [1.54, 1.807) is 13.8 Å². The van der Waals surface area contributed by atoms with E-state index in [4.69, 9.17) is 0 Å². The molecule has 2 nitrogen and oxygen atoms in total. The Bertz CT molecular complexity index is 242. The van der Waals surface area contributed by atoms with Crippen LogP contribution in [0.3, 0.4) is 0 Å². The molecule has 0 aliphatic heterocycles. The van der Waals surface area contributed by atoms with Crippen molar-refractivity contribution in [2.24, 2.45) is 11.8 Å². The van der Waals surface area contributed by atoms with Crippen LogP contribution in [0.2, 0.25) is 0 Å². The summed E-state index contributed by atoms with van der Waals surface area (Å²) in [5.41, 5.74) is 1.22. The zero-order valence-electron chi connectivity index (χ0n) is 9.97. The summed E-state index contributed by atoms with van der Waals surface area (Å²) in [4.78, 5) is 23.2. The van der Waals surface area contributed by atoms with E-state index < -0.39 is 0 Å². The largest absolute Gasteiger partial charge is 0.294 e. The summed E-state index contributed by atoms with van der Waals surface area (Å²) in [6, 6.07) is 0. The van der Waals surface area contributed by atoms with Crippen LogP contribution in [-0.2, 0) is 9.59 Å². The standard InChI is InChI=1S/C12H20O2/c1-7(2)11(13)9(5)10(6)12(14)8(3)4/h7-8H,1-6H3/b10-9-. The smallest absolute Gasteiger partial charge is 0.161 e. The van der Waals surface area contributed by atoms with E-state index in [0.717, 1.165) is 0 Å². The fourth-order valence-corrected chi connectivity index (χ4v) is 1.24. The number of hydrogen-bond donors (Lipinski definition) is 0. The number of allylic oxidation sites excluding steroid dienone is 2. The molecule has 2 heteroatoms. The van der Waals surface area contributed by atoms with Crippen molar-refractivity contribution in [1.82, 2.24) is 0 Å². The number of carbonyl (C=O) groups excluding carboxylic acids is 2. The molecule has 0 aromatic carbocycles. The first kappa shape index (κ1) is 13.1. The van der Waals surface area contributed by atoms with Crippen LogP contribution in [0.25, 0.3) is 0 Å². The quantitative estimate of drug-likeness (QED) is 0.648. The SMILES string of the molecule is C/C(C(=O)C(C)C)=C(\C)C(=O)C(C)C. The molecular weight excluding hydrogens is 176 g/mol. The lowest BCUT2D eigenvalue weighted by Crippen LogP contribution is -2.16. The Balaban J connectivity index is 4.94. The fourth-order valence-electron chi connectivity index (χ4n) is 1.24. The van der Waals surface area contributed by atoms with Crippen molar-refractivity contribution in [2.75, 3.05) is 0 Å². The van der Waals surface area contributed by atoms with Crippen LogP contribution >= 0.6 is 0 Å². The molecule has 14 heavy (non-hydrogen) atoms. The van der Waals surface area contributed by atoms with Crippen LogP contribution in [-0.4, -0.2) is 11.6 Å². The van der Waals surface area contributed by atoms with Crippen LogP contribution < -0.4 is 0 Å². The average molecular weight is 196 g/mol. The monoisotopic (exact) mass is 196 g/mol. The highest BCUT2D eigenvalue weighted by Gasteiger charge is 2.17. The summed E-state index contributed by atoms with van der Waals surface area (Å²) in [5.74, 6) is 0.0582. The zero-order valence-corrected chi connectivity index (χ0v) is 9.97. The van der Waals surface area contributed by atoms with Gasteiger partial charge in [0.2, 0.25) is 0 Å². The number of ketones is 2. The summed E-state index contributed by atoms with van der Waals surface area (Å²) in [7, 11) is 0. The maximum atomic E-state index is 11.6. The van der Waals surface area contributed by atoms with Crippen molar-refractivity contribution < 1.29 is 9.59 Å². The zero-order chi connectivity index (χ0) is 11.5. The Morgan fingerprint density at radius 2 is 0.929 bits per heavy atom. The lowest BCUT2D eigenvalue weighted by molar-refractivity contribution is -0.120. The third-order valence-electron chi connectivity index (χ3n) is 2.35. The number of carbonyl (C=O) groups is 2. The number of hydrogen-bond acceptors (Lipinski definition) is 2. The lowest BCUT2D eigenvalue weighted by Gasteiger charge is -2.10. The van der Waals surface area contributed by atoms with E-state index >= 15 is 0 Å². The first-order valence-corrected chi connectivity index (χ1v) is 5.04. The average Bonchev–Trinajstić information content (AvgIpc) is 2.12. The molecule has 0 unspecified atom stereocenters. The topological polar surface area (TPSA) is 34.1 Å². The van der Waals surface area contributed by atoms with Crippen LogP contribution in [0.15, 0.2) is 11.1 Å². The van der Waals surface area contributed by atoms with Gasteiger partial charge in [-0.15, -0.1) is 0 Å². The second-order valence-corrected chi connectivity index (χ2v) is 4.29. The van der Waals surface area contributed by atoms with Crippen LogP contribution in [0.5, 0.6) is 0 Å². The molecule has 0 bridgehead atoms. The summed E-state index contributed by atoms with van der Waals surface area (Å²) in [6.07, 6.45) is 0. The lowest BCUT2D eigenvalue weighted by atomic mass is 9.93. The predicted octanol–water partition coefficient (Wildman–Crippen LogP) is 2.77. The summed E-state index contributed by atoms with van der Waals surface area (Å²) in [6.45, 7) is 10.9. The van der Waals surface area contributed by atoms with Crippen molar-refractivity contribution in [1.29, 1.82) is 0 Å². The number of Topliss-reactive ketones (excluding diaryl/α,β-unsaturated/α-hetero) is 2. The van der Waals surface area contributed by atoms with Crippen molar-refractivity contribution in [2.45, 2.75) is 41.5 Å². The second kappa shape index (κ2) is 5.08. The normalized spacial score (nSPS) is 13.1. The summed E-state index contributed by atoms with van der Waals surface area (Å²) >= 11 is 0. The summed E-state index contributed by atoms with van der Waals surface area (Å²) < 4.78 is 0. The third kappa shape index (κ3) is 3.09. The van der Waals surface area contributed by atoms with Crippen molar-refractivity contribution in [3.05, 3.63) is 11.1 Å². The Labute approximate surface area is 86.4 Å². The van der Waals surface area contributed by atoms with Crippen molar-refractivity contribution >= 4 is 11.6 Å². The van der Waals surface area contributed by atoms with Crippen LogP contribution in [0.4, 0.5) is 0 Å². The van der Waals surface area contributed by atoms with Gasteiger partial charge in [-0.3, -0.25) is 9.59 Å². The molecule has 0 fully saturated rings. The first-order valence-electron chi connectivity index (χ1n) is 5.04. The molecule has 0 aromatic heterocycles. The molecule has 0 saturated carbocycles. The Morgan fingerprint density at radius 1 is 0.714 bits per heavy atom. The maximum Gasteiger partial charge on any atom is 0.161 e. The van der Waals surface area contributed by atoms with E-state index in [1.165, 1.54) is 0 Å². The van der Waals surface area contributed by atoms with E-state index in [9.17, 15) is 9.59 Å². The molecule has 0 aliphatic carbocycles. The second-order valence-electron chi connectivity index (χ2n) is 4.29. The molecule has 0 N–H and O–H groups in total. The van der Waals surface area contributed by atoms with E-state index in [0.29, 0.717) is 11.1 Å². The molecule has 0 aromatic rings. The molecule has 0 heterocycles. The van der Waals surface area contributed by atoms with Gasteiger partial charge in [0.15, 0.2) is 11.6 Å². The number of rotatable bonds is 4. The highest BCUT2D eigenvalue weighted by molar-refractivity contribution is 6.06. The van der Waals surface area contributed by atoms with Gasteiger partial charge in [-0.1, -0.05) is 27.7 Å². The molecule has 0 amide bonds. The van der Waals surface area contributed by atoms with E-state index in [-0.39, 0.29) is 23.4 Å². The van der Waals surface area contributed by atoms with Gasteiger partial charge in [0, 0.05) is 11.8 Å². The van der Waals surface area contributed by atoms with Gasteiger partial charge in [-0.25, -0.2) is 0 Å². The van der Waals surface area contributed by atoms with Gasteiger partial charge in [0.05, 0.1) is 0 Å². The maximum absolute atomic E-state index is 11.6. The van der Waals surface area contributed by atoms with Gasteiger partial charge in [-0.05, 0) is 25.0 Å². The van der Waals surface area contributed by atoms with Crippen molar-refractivity contribution in [3.8, 4) is 0 Å². The minimum atomic E-state index is -0.0371. The Morgan fingerprint density at radius 3 is 1.07 bits per heavy atom. The molecule has 0 atom stereocenters. The van der Waals surface area contributed by atoms with Gasteiger partial charge < -0.3 is 0 Å². The summed E-state index contributed by atoms with van der Waals surface area (Å²) in [5, 5.41) is 0. The Hall–Kier alpha value is -0.920. The first-order chi connectivity index (χ1) is 6.29. The molecule has 80 valence electrons. The van der Waals surface area contributed by atoms with Gasteiger partial charge >= 0.3 is 0 Å².